The third-order valence-electron chi connectivity index (χ3n) is 2.80. The van der Waals surface area contributed by atoms with E-state index in [1.165, 1.54) is 24.3 Å². The van der Waals surface area contributed by atoms with Crippen LogP contribution < -0.4 is 0 Å². The van der Waals surface area contributed by atoms with Crippen LogP contribution >= 0.6 is 27.5 Å². The van der Waals surface area contributed by atoms with Gasteiger partial charge in [0.2, 0.25) is 9.84 Å². The summed E-state index contributed by atoms with van der Waals surface area (Å²) in [5, 5.41) is 0.205. The lowest BCUT2D eigenvalue weighted by Crippen LogP contribution is -2.13. The quantitative estimate of drug-likeness (QED) is 0.725. The van der Waals surface area contributed by atoms with Crippen molar-refractivity contribution in [1.82, 2.24) is 0 Å². The summed E-state index contributed by atoms with van der Waals surface area (Å²) in [5.74, 6) is -2.08. The Kier molecular flexibility index (Phi) is 4.89. The second kappa shape index (κ2) is 6.36. The number of benzene rings is 2. The fourth-order valence-corrected chi connectivity index (χ4v) is 4.19. The highest BCUT2D eigenvalue weighted by Gasteiger charge is 2.29. The van der Waals surface area contributed by atoms with Gasteiger partial charge in [-0.2, -0.15) is 0 Å². The fourth-order valence-electron chi connectivity index (χ4n) is 1.82. The van der Waals surface area contributed by atoms with Gasteiger partial charge in [-0.25, -0.2) is 17.6 Å². The molecule has 0 atom stereocenters. The molecule has 0 saturated carbocycles. The molecule has 0 radical (unpaired) electrons. The number of hydrogen-bond donors (Lipinski definition) is 0. The molecule has 0 heterocycles. The third kappa shape index (κ3) is 3.16. The maximum Gasteiger partial charge on any atom is 0.342 e. The average Bonchev–Trinajstić information content (AvgIpc) is 2.45. The highest BCUT2D eigenvalue weighted by Crippen LogP contribution is 2.30. The zero-order chi connectivity index (χ0) is 16.5. The van der Waals surface area contributed by atoms with Crippen LogP contribution in [0.5, 0.6) is 0 Å². The molecular formula is C14H9BrClFO4S. The van der Waals surface area contributed by atoms with E-state index in [1.807, 2.05) is 0 Å². The molecule has 0 saturated heterocycles. The van der Waals surface area contributed by atoms with Crippen molar-refractivity contribution in [3.8, 4) is 0 Å². The van der Waals surface area contributed by atoms with Crippen LogP contribution in [0.4, 0.5) is 4.39 Å². The molecule has 0 bridgehead atoms. The molecule has 2 aromatic rings. The second-order valence-corrected chi connectivity index (χ2v) is 7.48. The van der Waals surface area contributed by atoms with Crippen LogP contribution in [-0.2, 0) is 14.6 Å². The predicted octanol–water partition coefficient (Wildman–Crippen LogP) is 3.86. The van der Waals surface area contributed by atoms with E-state index >= 15 is 0 Å². The van der Waals surface area contributed by atoms with Crippen LogP contribution in [0.25, 0.3) is 0 Å². The minimum absolute atomic E-state index is 0.150. The average molecular weight is 408 g/mol. The molecule has 4 nitrogen and oxygen atoms in total. The smallest absolute Gasteiger partial charge is 0.342 e. The Labute approximate surface area is 139 Å². The number of halogens is 3. The van der Waals surface area contributed by atoms with Crippen molar-refractivity contribution in [2.75, 3.05) is 7.11 Å². The minimum atomic E-state index is -4.15. The summed E-state index contributed by atoms with van der Waals surface area (Å²) in [5.41, 5.74) is -0.648. The molecule has 0 spiro atoms. The Morgan fingerprint density at radius 2 is 1.95 bits per heavy atom. The summed E-state index contributed by atoms with van der Waals surface area (Å²) in [6.45, 7) is 0. The first-order valence-electron chi connectivity index (χ1n) is 5.85. The molecule has 22 heavy (non-hydrogen) atoms. The lowest BCUT2D eigenvalue weighted by molar-refractivity contribution is 0.0590. The Hall–Kier alpha value is -1.44. The molecule has 8 heteroatoms. The normalized spacial score (nSPS) is 11.3. The molecule has 2 rings (SSSR count). The molecule has 0 aromatic heterocycles. The van der Waals surface area contributed by atoms with Gasteiger partial charge in [-0.1, -0.05) is 33.6 Å². The Morgan fingerprint density at radius 3 is 2.55 bits per heavy atom. The van der Waals surface area contributed by atoms with E-state index in [9.17, 15) is 17.6 Å². The van der Waals surface area contributed by atoms with Gasteiger partial charge in [0, 0.05) is 9.50 Å². The standard InChI is InChI=1S/C14H9BrClFO4S/c1-21-14(18)13-11(17)5-8(15)6-12(13)22(19,20)10-4-2-3-9(16)7-10/h2-7H,1H3. The number of methoxy groups -OCH3 is 1. The van der Waals surface area contributed by atoms with E-state index < -0.39 is 32.1 Å². The molecule has 0 aliphatic carbocycles. The number of sulfone groups is 1. The minimum Gasteiger partial charge on any atom is -0.465 e. The van der Waals surface area contributed by atoms with Gasteiger partial charge in [-0.3, -0.25) is 0 Å². The summed E-state index contributed by atoms with van der Waals surface area (Å²) in [6.07, 6.45) is 0. The van der Waals surface area contributed by atoms with Gasteiger partial charge in [0.05, 0.1) is 16.9 Å². The SMILES string of the molecule is COC(=O)c1c(F)cc(Br)cc1S(=O)(=O)c1cccc(Cl)c1. The molecule has 0 aliphatic rings. The van der Waals surface area contributed by atoms with Gasteiger partial charge in [0.15, 0.2) is 0 Å². The van der Waals surface area contributed by atoms with E-state index in [4.69, 9.17) is 11.6 Å². The topological polar surface area (TPSA) is 60.4 Å². The summed E-state index contributed by atoms with van der Waals surface area (Å²) in [6, 6.07) is 7.61. The van der Waals surface area contributed by atoms with Crippen molar-refractivity contribution >= 4 is 43.3 Å². The number of carbonyl (C=O) groups excluding carboxylic acids is 1. The summed E-state index contributed by atoms with van der Waals surface area (Å²) < 4.78 is 44.1. The second-order valence-electron chi connectivity index (χ2n) is 4.21. The summed E-state index contributed by atoms with van der Waals surface area (Å²) in [7, 11) is -3.11. The van der Waals surface area contributed by atoms with Crippen molar-refractivity contribution in [3.63, 3.8) is 0 Å². The monoisotopic (exact) mass is 406 g/mol. The van der Waals surface area contributed by atoms with Gasteiger partial charge >= 0.3 is 5.97 Å². The number of rotatable bonds is 3. The number of hydrogen-bond acceptors (Lipinski definition) is 4. The molecular weight excluding hydrogens is 399 g/mol. The maximum absolute atomic E-state index is 14.1. The number of ether oxygens (including phenoxy) is 1. The predicted molar refractivity (Wildman–Crippen MR) is 82.3 cm³/mol. The van der Waals surface area contributed by atoms with Crippen LogP contribution in [0.3, 0.4) is 0 Å². The van der Waals surface area contributed by atoms with Crippen molar-refractivity contribution in [2.24, 2.45) is 0 Å². The Morgan fingerprint density at radius 1 is 1.27 bits per heavy atom. The van der Waals surface area contributed by atoms with Crippen LogP contribution in [0.1, 0.15) is 10.4 Å². The van der Waals surface area contributed by atoms with Crippen molar-refractivity contribution in [2.45, 2.75) is 9.79 Å². The van der Waals surface area contributed by atoms with Crippen LogP contribution in [-0.4, -0.2) is 21.5 Å². The Bertz CT molecular complexity index is 852. The lowest BCUT2D eigenvalue weighted by atomic mass is 10.2. The van der Waals surface area contributed by atoms with Crippen LogP contribution in [0, 0.1) is 5.82 Å². The fraction of sp³-hybridized carbons (Fsp3) is 0.0714. The van der Waals surface area contributed by atoms with Crippen molar-refractivity contribution in [3.05, 3.63) is 57.3 Å². The van der Waals surface area contributed by atoms with Crippen molar-refractivity contribution in [1.29, 1.82) is 0 Å². The van der Waals surface area contributed by atoms with E-state index in [2.05, 4.69) is 20.7 Å². The lowest BCUT2D eigenvalue weighted by Gasteiger charge is -2.11. The summed E-state index contributed by atoms with van der Waals surface area (Å²) in [4.78, 5) is 11.1. The van der Waals surface area contributed by atoms with Crippen LogP contribution in [0.15, 0.2) is 50.7 Å². The van der Waals surface area contributed by atoms with Crippen molar-refractivity contribution < 1.29 is 22.3 Å². The molecule has 2 aromatic carbocycles. The van der Waals surface area contributed by atoms with Gasteiger partial charge in [0.1, 0.15) is 11.4 Å². The highest BCUT2D eigenvalue weighted by atomic mass is 79.9. The Balaban J connectivity index is 2.78. The van der Waals surface area contributed by atoms with E-state index in [0.29, 0.717) is 0 Å². The van der Waals surface area contributed by atoms with E-state index in [0.717, 1.165) is 19.2 Å². The van der Waals surface area contributed by atoms with E-state index in [-0.39, 0.29) is 14.4 Å². The molecule has 0 fully saturated rings. The largest absolute Gasteiger partial charge is 0.465 e. The molecule has 0 aliphatic heterocycles. The zero-order valence-corrected chi connectivity index (χ0v) is 14.3. The molecule has 0 amide bonds. The summed E-state index contributed by atoms with van der Waals surface area (Å²) >= 11 is 8.81. The molecule has 0 N–H and O–H groups in total. The third-order valence-corrected chi connectivity index (χ3v) is 5.27. The van der Waals surface area contributed by atoms with Gasteiger partial charge in [-0.05, 0) is 30.3 Å². The van der Waals surface area contributed by atoms with Gasteiger partial charge in [-0.15, -0.1) is 0 Å². The number of carbonyl (C=O) groups is 1. The first kappa shape index (κ1) is 16.9. The van der Waals surface area contributed by atoms with Gasteiger partial charge in [0.25, 0.3) is 0 Å². The first-order valence-corrected chi connectivity index (χ1v) is 8.51. The molecule has 116 valence electrons. The first-order chi connectivity index (χ1) is 10.3. The van der Waals surface area contributed by atoms with Gasteiger partial charge < -0.3 is 4.74 Å². The number of esters is 1. The maximum atomic E-state index is 14.1. The highest BCUT2D eigenvalue weighted by molar-refractivity contribution is 9.10. The van der Waals surface area contributed by atoms with Crippen LogP contribution in [0.2, 0.25) is 5.02 Å². The zero-order valence-electron chi connectivity index (χ0n) is 11.1. The molecule has 0 unspecified atom stereocenters. The van der Waals surface area contributed by atoms with E-state index in [1.54, 1.807) is 0 Å².